The first-order valence-corrected chi connectivity index (χ1v) is 9.02. The molecule has 0 saturated heterocycles. The Balaban J connectivity index is 1.70. The zero-order valence-corrected chi connectivity index (χ0v) is 14.3. The van der Waals surface area contributed by atoms with Gasteiger partial charge in [0.25, 0.3) is 0 Å². The number of sulfonamides is 1. The molecule has 3 aromatic rings. The molecule has 0 spiro atoms. The highest BCUT2D eigenvalue weighted by molar-refractivity contribution is 9.10. The van der Waals surface area contributed by atoms with Crippen LogP contribution in [0.4, 0.5) is 0 Å². The standard InChI is InChI=1S/C15H13BrN4O2S/c16-13-3-1-4-14(9-13)23(21,22)19-11-12-5-6-15(17-10-12)20-8-2-7-18-20/h1-10,19H,11H2. The van der Waals surface area contributed by atoms with E-state index in [1.165, 1.54) is 0 Å². The molecule has 118 valence electrons. The minimum Gasteiger partial charge on any atom is -0.237 e. The molecule has 3 rings (SSSR count). The second-order valence-corrected chi connectivity index (χ2v) is 7.44. The van der Waals surface area contributed by atoms with E-state index in [1.807, 2.05) is 12.1 Å². The maximum Gasteiger partial charge on any atom is 0.240 e. The van der Waals surface area contributed by atoms with Gasteiger partial charge in [-0.15, -0.1) is 0 Å². The number of benzene rings is 1. The molecule has 0 aliphatic heterocycles. The van der Waals surface area contributed by atoms with Crippen LogP contribution in [0, 0.1) is 0 Å². The van der Waals surface area contributed by atoms with Gasteiger partial charge in [-0.2, -0.15) is 5.10 Å². The molecular formula is C15H13BrN4O2S. The summed E-state index contributed by atoms with van der Waals surface area (Å²) in [5.41, 5.74) is 0.763. The van der Waals surface area contributed by atoms with Gasteiger partial charge >= 0.3 is 0 Å². The van der Waals surface area contributed by atoms with Gasteiger partial charge in [-0.25, -0.2) is 22.8 Å². The lowest BCUT2D eigenvalue weighted by atomic mass is 10.3. The van der Waals surface area contributed by atoms with Crippen LogP contribution in [0.25, 0.3) is 5.82 Å². The summed E-state index contributed by atoms with van der Waals surface area (Å²) in [6, 6.07) is 12.0. The van der Waals surface area contributed by atoms with Gasteiger partial charge in [-0.3, -0.25) is 0 Å². The highest BCUT2D eigenvalue weighted by atomic mass is 79.9. The molecule has 0 amide bonds. The SMILES string of the molecule is O=S(=O)(NCc1ccc(-n2cccn2)nc1)c1cccc(Br)c1. The van der Waals surface area contributed by atoms with Crippen molar-refractivity contribution in [2.24, 2.45) is 0 Å². The van der Waals surface area contributed by atoms with E-state index in [0.717, 1.165) is 5.56 Å². The largest absolute Gasteiger partial charge is 0.240 e. The van der Waals surface area contributed by atoms with Gasteiger partial charge in [0.1, 0.15) is 0 Å². The minimum absolute atomic E-state index is 0.168. The van der Waals surface area contributed by atoms with E-state index in [-0.39, 0.29) is 11.4 Å². The normalized spacial score (nSPS) is 11.5. The molecule has 0 aliphatic rings. The first kappa shape index (κ1) is 15.9. The van der Waals surface area contributed by atoms with Gasteiger partial charge in [0.15, 0.2) is 5.82 Å². The average Bonchev–Trinajstić information content (AvgIpc) is 3.08. The zero-order chi connectivity index (χ0) is 16.3. The molecule has 2 aromatic heterocycles. The lowest BCUT2D eigenvalue weighted by molar-refractivity contribution is 0.581. The van der Waals surface area contributed by atoms with Crippen molar-refractivity contribution in [1.29, 1.82) is 0 Å². The third kappa shape index (κ3) is 3.84. The van der Waals surface area contributed by atoms with E-state index in [9.17, 15) is 8.42 Å². The molecule has 6 nitrogen and oxygen atoms in total. The Bertz CT molecular complexity index is 893. The number of halogens is 1. The monoisotopic (exact) mass is 392 g/mol. The van der Waals surface area contributed by atoms with Crippen LogP contribution in [0.1, 0.15) is 5.56 Å². The maximum atomic E-state index is 12.2. The Kier molecular flexibility index (Phi) is 4.56. The van der Waals surface area contributed by atoms with E-state index < -0.39 is 10.0 Å². The van der Waals surface area contributed by atoms with E-state index in [2.05, 4.69) is 30.7 Å². The molecule has 23 heavy (non-hydrogen) atoms. The minimum atomic E-state index is -3.56. The number of hydrogen-bond donors (Lipinski definition) is 1. The fourth-order valence-electron chi connectivity index (χ4n) is 1.96. The van der Waals surface area contributed by atoms with Crippen molar-refractivity contribution >= 4 is 26.0 Å². The van der Waals surface area contributed by atoms with Gasteiger partial charge in [0.05, 0.1) is 4.90 Å². The van der Waals surface area contributed by atoms with Crippen LogP contribution >= 0.6 is 15.9 Å². The first-order valence-electron chi connectivity index (χ1n) is 6.75. The summed E-state index contributed by atoms with van der Waals surface area (Å²) in [7, 11) is -3.56. The number of nitrogens with one attached hydrogen (secondary N) is 1. The van der Waals surface area contributed by atoms with Gasteiger partial charge in [-0.1, -0.05) is 28.1 Å². The molecule has 0 bridgehead atoms. The second kappa shape index (κ2) is 6.61. The van der Waals surface area contributed by atoms with E-state index in [4.69, 9.17) is 0 Å². The topological polar surface area (TPSA) is 76.9 Å². The fraction of sp³-hybridized carbons (Fsp3) is 0.0667. The maximum absolute atomic E-state index is 12.2. The molecule has 0 radical (unpaired) electrons. The lowest BCUT2D eigenvalue weighted by Crippen LogP contribution is -2.23. The number of nitrogens with zero attached hydrogens (tertiary/aromatic N) is 3. The molecule has 1 N–H and O–H groups in total. The lowest BCUT2D eigenvalue weighted by Gasteiger charge is -2.08. The number of hydrogen-bond acceptors (Lipinski definition) is 4. The third-order valence-corrected chi connectivity index (χ3v) is 5.01. The molecule has 0 fully saturated rings. The van der Waals surface area contributed by atoms with Crippen LogP contribution in [0.2, 0.25) is 0 Å². The van der Waals surface area contributed by atoms with Crippen molar-refractivity contribution in [3.05, 3.63) is 71.1 Å². The van der Waals surface area contributed by atoms with Crippen molar-refractivity contribution in [3.8, 4) is 5.82 Å². The Morgan fingerprint density at radius 2 is 2.04 bits per heavy atom. The predicted octanol–water partition coefficient (Wildman–Crippen LogP) is 2.51. The summed E-state index contributed by atoms with van der Waals surface area (Å²) in [5.74, 6) is 0.675. The zero-order valence-electron chi connectivity index (χ0n) is 11.9. The third-order valence-electron chi connectivity index (χ3n) is 3.12. The van der Waals surface area contributed by atoms with Gasteiger partial charge < -0.3 is 0 Å². The van der Waals surface area contributed by atoms with Crippen molar-refractivity contribution < 1.29 is 8.42 Å². The average molecular weight is 393 g/mol. The number of pyridine rings is 1. The van der Waals surface area contributed by atoms with Crippen LogP contribution in [0.15, 0.2) is 70.4 Å². The van der Waals surface area contributed by atoms with Crippen LogP contribution in [0.3, 0.4) is 0 Å². The van der Waals surface area contributed by atoms with Crippen molar-refractivity contribution in [3.63, 3.8) is 0 Å². The highest BCUT2D eigenvalue weighted by Gasteiger charge is 2.13. The molecule has 0 aliphatic carbocycles. The van der Waals surface area contributed by atoms with Crippen molar-refractivity contribution in [2.75, 3.05) is 0 Å². The van der Waals surface area contributed by atoms with Crippen LogP contribution < -0.4 is 4.72 Å². The van der Waals surface area contributed by atoms with Crippen molar-refractivity contribution in [2.45, 2.75) is 11.4 Å². The summed E-state index contributed by atoms with van der Waals surface area (Å²) >= 11 is 3.27. The van der Waals surface area contributed by atoms with Gasteiger partial charge in [0, 0.05) is 29.6 Å². The van der Waals surface area contributed by atoms with E-state index >= 15 is 0 Å². The fourth-order valence-corrected chi connectivity index (χ4v) is 3.57. The number of aromatic nitrogens is 3. The van der Waals surface area contributed by atoms with Crippen LogP contribution in [-0.4, -0.2) is 23.2 Å². The van der Waals surface area contributed by atoms with E-state index in [1.54, 1.807) is 53.6 Å². The molecule has 2 heterocycles. The predicted molar refractivity (Wildman–Crippen MR) is 89.5 cm³/mol. The Morgan fingerprint density at radius 1 is 1.17 bits per heavy atom. The smallest absolute Gasteiger partial charge is 0.237 e. The second-order valence-electron chi connectivity index (χ2n) is 4.76. The Hall–Kier alpha value is -2.03. The van der Waals surface area contributed by atoms with Crippen molar-refractivity contribution in [1.82, 2.24) is 19.5 Å². The number of rotatable bonds is 5. The van der Waals surface area contributed by atoms with Gasteiger partial charge in [-0.05, 0) is 35.9 Å². The summed E-state index contributed by atoms with van der Waals surface area (Å²) in [4.78, 5) is 4.48. The van der Waals surface area contributed by atoms with Crippen LogP contribution in [-0.2, 0) is 16.6 Å². The quantitative estimate of drug-likeness (QED) is 0.723. The molecule has 0 atom stereocenters. The highest BCUT2D eigenvalue weighted by Crippen LogP contribution is 2.16. The van der Waals surface area contributed by atoms with Gasteiger partial charge in [0.2, 0.25) is 10.0 Å². The summed E-state index contributed by atoms with van der Waals surface area (Å²) in [6.45, 7) is 0.168. The summed E-state index contributed by atoms with van der Waals surface area (Å²) < 4.78 is 29.4. The molecule has 0 saturated carbocycles. The molecular weight excluding hydrogens is 380 g/mol. The van der Waals surface area contributed by atoms with E-state index in [0.29, 0.717) is 10.3 Å². The first-order chi connectivity index (χ1) is 11.0. The molecule has 1 aromatic carbocycles. The molecule has 0 unspecified atom stereocenters. The summed E-state index contributed by atoms with van der Waals surface area (Å²) in [5, 5.41) is 4.09. The Labute approximate surface area is 142 Å². The Morgan fingerprint density at radius 3 is 2.70 bits per heavy atom. The summed E-state index contributed by atoms with van der Waals surface area (Å²) in [6.07, 6.45) is 5.08. The molecule has 8 heteroatoms. The van der Waals surface area contributed by atoms with Crippen LogP contribution in [0.5, 0.6) is 0 Å².